The Morgan fingerprint density at radius 2 is 2.10 bits per heavy atom. The van der Waals surface area contributed by atoms with Crippen LogP contribution in [0.2, 0.25) is 0 Å². The molecular formula is C16H19NO3S. The van der Waals surface area contributed by atoms with Crippen LogP contribution in [0.1, 0.15) is 41.3 Å². The normalized spacial score (nSPS) is 12.1. The van der Waals surface area contributed by atoms with E-state index in [4.69, 9.17) is 4.74 Å². The first-order chi connectivity index (χ1) is 9.99. The molecule has 0 fully saturated rings. The van der Waals surface area contributed by atoms with Gasteiger partial charge in [-0.3, -0.25) is 9.59 Å². The molecule has 2 aromatic rings. The van der Waals surface area contributed by atoms with E-state index in [9.17, 15) is 9.59 Å². The number of rotatable bonds is 6. The second-order valence-corrected chi connectivity index (χ2v) is 5.98. The van der Waals surface area contributed by atoms with Crippen LogP contribution in [0.15, 0.2) is 29.6 Å². The molecule has 0 aromatic carbocycles. The molecule has 2 heterocycles. The summed E-state index contributed by atoms with van der Waals surface area (Å²) < 4.78 is 7.03. The third-order valence-corrected chi connectivity index (χ3v) is 4.25. The van der Waals surface area contributed by atoms with E-state index in [1.54, 1.807) is 0 Å². The molecule has 0 bridgehead atoms. The highest BCUT2D eigenvalue weighted by Crippen LogP contribution is 2.18. The van der Waals surface area contributed by atoms with Crippen LogP contribution >= 0.6 is 11.3 Å². The van der Waals surface area contributed by atoms with Gasteiger partial charge in [-0.15, -0.1) is 11.3 Å². The lowest BCUT2D eigenvalue weighted by molar-refractivity contribution is -0.145. The Balaban J connectivity index is 2.04. The van der Waals surface area contributed by atoms with E-state index in [-0.39, 0.29) is 17.9 Å². The minimum absolute atomic E-state index is 0.0479. The van der Waals surface area contributed by atoms with Gasteiger partial charge in [0.2, 0.25) is 5.78 Å². The van der Waals surface area contributed by atoms with Crippen LogP contribution < -0.4 is 0 Å². The average Bonchev–Trinajstić information content (AvgIpc) is 3.05. The number of nitrogens with zero attached hydrogens (tertiary/aromatic N) is 1. The van der Waals surface area contributed by atoms with E-state index >= 15 is 0 Å². The highest BCUT2D eigenvalue weighted by molar-refractivity contribution is 7.12. The van der Waals surface area contributed by atoms with Crippen molar-refractivity contribution in [1.29, 1.82) is 0 Å². The minimum Gasteiger partial charge on any atom is -0.463 e. The summed E-state index contributed by atoms with van der Waals surface area (Å²) >= 11 is 1.45. The van der Waals surface area contributed by atoms with Crippen LogP contribution in [-0.2, 0) is 23.0 Å². The average molecular weight is 305 g/mol. The smallest absolute Gasteiger partial charge is 0.302 e. The van der Waals surface area contributed by atoms with Crippen LogP contribution in [-0.4, -0.2) is 22.4 Å². The maximum atomic E-state index is 12.3. The summed E-state index contributed by atoms with van der Waals surface area (Å²) in [7, 11) is 1.90. The Labute approximate surface area is 128 Å². The molecule has 0 saturated carbocycles. The number of carbonyl (C=O) groups is 2. The fourth-order valence-electron chi connectivity index (χ4n) is 2.26. The lowest BCUT2D eigenvalue weighted by Gasteiger charge is -2.12. The molecule has 0 N–H and O–H groups in total. The Morgan fingerprint density at radius 1 is 1.33 bits per heavy atom. The lowest BCUT2D eigenvalue weighted by atomic mass is 10.2. The van der Waals surface area contributed by atoms with Crippen molar-refractivity contribution < 1.29 is 14.3 Å². The number of ketones is 1. The quantitative estimate of drug-likeness (QED) is 0.608. The summed E-state index contributed by atoms with van der Waals surface area (Å²) in [6.45, 7) is 3.29. The summed E-state index contributed by atoms with van der Waals surface area (Å²) in [6, 6.07) is 7.53. The second-order valence-electron chi connectivity index (χ2n) is 5.03. The van der Waals surface area contributed by atoms with Gasteiger partial charge < -0.3 is 9.30 Å². The summed E-state index contributed by atoms with van der Waals surface area (Å²) in [4.78, 5) is 24.0. The van der Waals surface area contributed by atoms with Gasteiger partial charge in [-0.2, -0.15) is 0 Å². The van der Waals surface area contributed by atoms with Crippen molar-refractivity contribution in [2.75, 3.05) is 0 Å². The van der Waals surface area contributed by atoms with Crippen molar-refractivity contribution in [3.8, 4) is 0 Å². The summed E-state index contributed by atoms with van der Waals surface area (Å²) in [5, 5.41) is 1.90. The molecule has 0 aliphatic carbocycles. The zero-order valence-corrected chi connectivity index (χ0v) is 13.3. The van der Waals surface area contributed by atoms with Crippen LogP contribution in [0, 0.1) is 0 Å². The van der Waals surface area contributed by atoms with Crippen molar-refractivity contribution in [3.63, 3.8) is 0 Å². The molecule has 4 nitrogen and oxygen atoms in total. The van der Waals surface area contributed by atoms with Crippen LogP contribution in [0.25, 0.3) is 0 Å². The standard InChI is InChI=1S/C16H19NO3S/c1-11(20-12(2)18)6-7-13-8-9-14(17(13)3)16(19)15-5-4-10-21-15/h4-5,8-11H,6-7H2,1-3H3. The molecule has 112 valence electrons. The molecule has 2 aromatic heterocycles. The second kappa shape index (κ2) is 6.72. The molecule has 0 spiro atoms. The zero-order valence-electron chi connectivity index (χ0n) is 12.5. The first-order valence-electron chi connectivity index (χ1n) is 6.89. The highest BCUT2D eigenvalue weighted by atomic mass is 32.1. The van der Waals surface area contributed by atoms with Crippen LogP contribution in [0.3, 0.4) is 0 Å². The van der Waals surface area contributed by atoms with Gasteiger partial charge in [0.15, 0.2) is 0 Å². The number of aromatic nitrogens is 1. The van der Waals surface area contributed by atoms with Gasteiger partial charge in [0.05, 0.1) is 16.7 Å². The van der Waals surface area contributed by atoms with Gasteiger partial charge in [0, 0.05) is 19.7 Å². The molecule has 5 heteroatoms. The van der Waals surface area contributed by atoms with Gasteiger partial charge in [-0.25, -0.2) is 0 Å². The molecule has 2 rings (SSSR count). The maximum absolute atomic E-state index is 12.3. The van der Waals surface area contributed by atoms with Gasteiger partial charge in [0.25, 0.3) is 0 Å². The molecule has 0 amide bonds. The first kappa shape index (κ1) is 15.5. The molecule has 21 heavy (non-hydrogen) atoms. The Hall–Kier alpha value is -1.88. The SMILES string of the molecule is CC(=O)OC(C)CCc1ccc(C(=O)c2cccs2)n1C. The lowest BCUT2D eigenvalue weighted by Crippen LogP contribution is -2.14. The van der Waals surface area contributed by atoms with E-state index in [1.807, 2.05) is 48.2 Å². The fourth-order valence-corrected chi connectivity index (χ4v) is 2.93. The number of hydrogen-bond acceptors (Lipinski definition) is 4. The Bertz CT molecular complexity index is 628. The molecular weight excluding hydrogens is 286 g/mol. The summed E-state index contributed by atoms with van der Waals surface area (Å²) in [6.07, 6.45) is 1.39. The van der Waals surface area contributed by atoms with Gasteiger partial charge >= 0.3 is 5.97 Å². The molecule has 0 saturated heterocycles. The first-order valence-corrected chi connectivity index (χ1v) is 7.77. The monoisotopic (exact) mass is 305 g/mol. The number of esters is 1. The topological polar surface area (TPSA) is 48.3 Å². The minimum atomic E-state index is -0.261. The molecule has 1 atom stereocenters. The van der Waals surface area contributed by atoms with E-state index in [0.717, 1.165) is 23.4 Å². The zero-order chi connectivity index (χ0) is 15.4. The molecule has 1 unspecified atom stereocenters. The third kappa shape index (κ3) is 3.82. The number of thiophene rings is 1. The van der Waals surface area contributed by atoms with E-state index in [1.165, 1.54) is 18.3 Å². The largest absolute Gasteiger partial charge is 0.463 e. The van der Waals surface area contributed by atoms with Crippen molar-refractivity contribution in [3.05, 3.63) is 45.9 Å². The van der Waals surface area contributed by atoms with Crippen LogP contribution in [0.5, 0.6) is 0 Å². The number of aryl methyl sites for hydroxylation is 1. The van der Waals surface area contributed by atoms with Crippen molar-refractivity contribution in [2.45, 2.75) is 32.8 Å². The maximum Gasteiger partial charge on any atom is 0.302 e. The van der Waals surface area contributed by atoms with E-state index in [0.29, 0.717) is 5.69 Å². The molecule has 0 aliphatic rings. The van der Waals surface area contributed by atoms with Crippen molar-refractivity contribution >= 4 is 23.1 Å². The van der Waals surface area contributed by atoms with Gasteiger partial charge in [-0.1, -0.05) is 6.07 Å². The van der Waals surface area contributed by atoms with Crippen molar-refractivity contribution in [1.82, 2.24) is 4.57 Å². The van der Waals surface area contributed by atoms with Gasteiger partial charge in [0.1, 0.15) is 0 Å². The predicted octanol–water partition coefficient (Wildman–Crippen LogP) is 3.20. The third-order valence-electron chi connectivity index (χ3n) is 3.38. The summed E-state index contributed by atoms with van der Waals surface area (Å²) in [5.41, 5.74) is 1.75. The van der Waals surface area contributed by atoms with E-state index < -0.39 is 0 Å². The number of ether oxygens (including phenoxy) is 1. The molecule has 0 radical (unpaired) electrons. The molecule has 0 aliphatic heterocycles. The predicted molar refractivity (Wildman–Crippen MR) is 82.7 cm³/mol. The highest BCUT2D eigenvalue weighted by Gasteiger charge is 2.16. The van der Waals surface area contributed by atoms with Crippen molar-refractivity contribution in [2.24, 2.45) is 7.05 Å². The summed E-state index contributed by atoms with van der Waals surface area (Å²) in [5.74, 6) is -0.213. The Kier molecular flexibility index (Phi) is 4.96. The Morgan fingerprint density at radius 3 is 2.71 bits per heavy atom. The van der Waals surface area contributed by atoms with Crippen LogP contribution in [0.4, 0.5) is 0 Å². The van der Waals surface area contributed by atoms with Gasteiger partial charge in [-0.05, 0) is 43.3 Å². The number of hydrogen-bond donors (Lipinski definition) is 0. The number of carbonyl (C=O) groups excluding carboxylic acids is 2. The van der Waals surface area contributed by atoms with E-state index in [2.05, 4.69) is 0 Å². The fraction of sp³-hybridized carbons (Fsp3) is 0.375.